The second kappa shape index (κ2) is 11.4. The highest BCUT2D eigenvalue weighted by Gasteiger charge is 2.03. The van der Waals surface area contributed by atoms with Crippen molar-refractivity contribution in [1.82, 2.24) is 0 Å². The quantitative estimate of drug-likeness (QED) is 0.341. The molecule has 0 bridgehead atoms. The number of hydrogen-bond donors (Lipinski definition) is 0. The minimum absolute atomic E-state index is 0.114. The molecule has 0 spiro atoms. The summed E-state index contributed by atoms with van der Waals surface area (Å²) < 4.78 is 5.04. The van der Waals surface area contributed by atoms with Crippen molar-refractivity contribution in [3.05, 3.63) is 24.3 Å². The Morgan fingerprint density at radius 3 is 2.53 bits per heavy atom. The summed E-state index contributed by atoms with van der Waals surface area (Å²) in [7, 11) is 0. The zero-order chi connectivity index (χ0) is 12.9. The van der Waals surface area contributed by atoms with Crippen LogP contribution in [-0.4, -0.2) is 12.6 Å². The maximum absolute atomic E-state index is 11.2. The molecule has 0 aromatic carbocycles. The monoisotopic (exact) mass is 238 g/mol. The standard InChI is InChI=1S/C15H26O2/c1-4-5-6-7-8-9-10-11-12-17-15(16)13-14(2)3/h8-11,14H,4-7,12-13H2,1-3H3. The summed E-state index contributed by atoms with van der Waals surface area (Å²) in [6.07, 6.45) is 13.4. The lowest BCUT2D eigenvalue weighted by Gasteiger charge is -2.03. The highest BCUT2D eigenvalue weighted by Crippen LogP contribution is 2.01. The number of esters is 1. The highest BCUT2D eigenvalue weighted by atomic mass is 16.5. The number of hydrogen-bond acceptors (Lipinski definition) is 2. The minimum atomic E-state index is -0.114. The molecule has 0 rings (SSSR count). The van der Waals surface area contributed by atoms with Gasteiger partial charge in [0.15, 0.2) is 0 Å². The first-order chi connectivity index (χ1) is 8.16. The van der Waals surface area contributed by atoms with Crippen molar-refractivity contribution in [2.24, 2.45) is 5.92 Å². The molecule has 0 amide bonds. The molecule has 0 radical (unpaired) electrons. The Bertz CT molecular complexity index is 239. The van der Waals surface area contributed by atoms with Crippen LogP contribution < -0.4 is 0 Å². The van der Waals surface area contributed by atoms with E-state index in [2.05, 4.69) is 13.0 Å². The van der Waals surface area contributed by atoms with E-state index in [0.29, 0.717) is 18.9 Å². The smallest absolute Gasteiger partial charge is 0.306 e. The average Bonchev–Trinajstić information content (AvgIpc) is 2.26. The van der Waals surface area contributed by atoms with Gasteiger partial charge in [0.2, 0.25) is 0 Å². The molecule has 0 aromatic heterocycles. The average molecular weight is 238 g/mol. The van der Waals surface area contributed by atoms with Crippen molar-refractivity contribution in [2.45, 2.75) is 52.9 Å². The van der Waals surface area contributed by atoms with E-state index in [9.17, 15) is 4.79 Å². The topological polar surface area (TPSA) is 26.3 Å². The maximum Gasteiger partial charge on any atom is 0.306 e. The molecule has 98 valence electrons. The molecule has 0 heterocycles. The first-order valence-electron chi connectivity index (χ1n) is 6.64. The van der Waals surface area contributed by atoms with Gasteiger partial charge >= 0.3 is 5.97 Å². The molecule has 0 unspecified atom stereocenters. The maximum atomic E-state index is 11.2. The lowest BCUT2D eigenvalue weighted by atomic mass is 10.1. The van der Waals surface area contributed by atoms with Gasteiger partial charge in [0.05, 0.1) is 0 Å². The Morgan fingerprint density at radius 1 is 1.18 bits per heavy atom. The second-order valence-electron chi connectivity index (χ2n) is 4.63. The van der Waals surface area contributed by atoms with Gasteiger partial charge in [-0.3, -0.25) is 4.79 Å². The van der Waals surface area contributed by atoms with E-state index in [4.69, 9.17) is 4.74 Å². The van der Waals surface area contributed by atoms with Crippen LogP contribution in [0.4, 0.5) is 0 Å². The van der Waals surface area contributed by atoms with E-state index < -0.39 is 0 Å². The summed E-state index contributed by atoms with van der Waals surface area (Å²) in [5.74, 6) is 0.251. The number of unbranched alkanes of at least 4 members (excludes halogenated alkanes) is 3. The van der Waals surface area contributed by atoms with Gasteiger partial charge in [-0.15, -0.1) is 0 Å². The van der Waals surface area contributed by atoms with E-state index in [1.165, 1.54) is 19.3 Å². The highest BCUT2D eigenvalue weighted by molar-refractivity contribution is 5.69. The van der Waals surface area contributed by atoms with Crippen LogP contribution in [0.25, 0.3) is 0 Å². The van der Waals surface area contributed by atoms with Crippen LogP contribution in [0, 0.1) is 5.92 Å². The summed E-state index contributed by atoms with van der Waals surface area (Å²) in [5.41, 5.74) is 0. The number of rotatable bonds is 9. The molecule has 0 N–H and O–H groups in total. The van der Waals surface area contributed by atoms with Crippen molar-refractivity contribution in [3.8, 4) is 0 Å². The fourth-order valence-electron chi connectivity index (χ4n) is 1.35. The predicted octanol–water partition coefficient (Wildman–Crippen LogP) is 4.27. The normalized spacial score (nSPS) is 11.8. The van der Waals surface area contributed by atoms with Gasteiger partial charge in [-0.2, -0.15) is 0 Å². The lowest BCUT2D eigenvalue weighted by molar-refractivity contribution is -0.143. The summed E-state index contributed by atoms with van der Waals surface area (Å²) >= 11 is 0. The van der Waals surface area contributed by atoms with E-state index in [1.807, 2.05) is 32.1 Å². The van der Waals surface area contributed by atoms with E-state index in [1.54, 1.807) is 0 Å². The van der Waals surface area contributed by atoms with Crippen LogP contribution in [-0.2, 0) is 9.53 Å². The Kier molecular flexibility index (Phi) is 10.7. The summed E-state index contributed by atoms with van der Waals surface area (Å²) in [6, 6.07) is 0. The minimum Gasteiger partial charge on any atom is -0.461 e. The molecule has 0 aliphatic carbocycles. The van der Waals surface area contributed by atoms with Gasteiger partial charge in [0, 0.05) is 6.42 Å². The summed E-state index contributed by atoms with van der Waals surface area (Å²) in [6.45, 7) is 6.60. The van der Waals surface area contributed by atoms with Crippen molar-refractivity contribution < 1.29 is 9.53 Å². The number of allylic oxidation sites excluding steroid dienone is 3. The van der Waals surface area contributed by atoms with Gasteiger partial charge < -0.3 is 4.74 Å². The van der Waals surface area contributed by atoms with Crippen molar-refractivity contribution >= 4 is 5.97 Å². The number of carbonyl (C=O) groups is 1. The molecule has 17 heavy (non-hydrogen) atoms. The third kappa shape index (κ3) is 12.9. The fraction of sp³-hybridized carbons (Fsp3) is 0.667. The Balaban J connectivity index is 3.44. The van der Waals surface area contributed by atoms with Crippen molar-refractivity contribution in [1.29, 1.82) is 0 Å². The van der Waals surface area contributed by atoms with Gasteiger partial charge in [-0.1, -0.05) is 51.8 Å². The predicted molar refractivity (Wildman–Crippen MR) is 72.8 cm³/mol. The van der Waals surface area contributed by atoms with Crippen LogP contribution in [0.3, 0.4) is 0 Å². The molecule has 0 saturated carbocycles. The Hall–Kier alpha value is -1.05. The fourth-order valence-corrected chi connectivity index (χ4v) is 1.35. The summed E-state index contributed by atoms with van der Waals surface area (Å²) in [5, 5.41) is 0. The van der Waals surface area contributed by atoms with Crippen LogP contribution in [0.1, 0.15) is 52.9 Å². The van der Waals surface area contributed by atoms with Gasteiger partial charge in [0.25, 0.3) is 0 Å². The second-order valence-corrected chi connectivity index (χ2v) is 4.63. The molecule has 0 fully saturated rings. The largest absolute Gasteiger partial charge is 0.461 e. The van der Waals surface area contributed by atoms with Crippen LogP contribution in [0.2, 0.25) is 0 Å². The molecule has 0 atom stereocenters. The molecule has 0 aliphatic heterocycles. The zero-order valence-corrected chi connectivity index (χ0v) is 11.4. The van der Waals surface area contributed by atoms with Gasteiger partial charge in [0.1, 0.15) is 6.61 Å². The van der Waals surface area contributed by atoms with Crippen LogP contribution in [0.5, 0.6) is 0 Å². The molecular formula is C15H26O2. The molecule has 0 saturated heterocycles. The van der Waals surface area contributed by atoms with Crippen molar-refractivity contribution in [3.63, 3.8) is 0 Å². The Morgan fingerprint density at radius 2 is 1.88 bits per heavy atom. The summed E-state index contributed by atoms with van der Waals surface area (Å²) in [4.78, 5) is 11.2. The lowest BCUT2D eigenvalue weighted by Crippen LogP contribution is -2.07. The molecule has 0 aliphatic rings. The van der Waals surface area contributed by atoms with E-state index in [-0.39, 0.29) is 5.97 Å². The van der Waals surface area contributed by atoms with Gasteiger partial charge in [-0.25, -0.2) is 0 Å². The van der Waals surface area contributed by atoms with Gasteiger partial charge in [-0.05, 0) is 24.8 Å². The van der Waals surface area contributed by atoms with Crippen LogP contribution >= 0.6 is 0 Å². The molecule has 0 aromatic rings. The Labute approximate surface area is 106 Å². The van der Waals surface area contributed by atoms with E-state index >= 15 is 0 Å². The number of carbonyl (C=O) groups excluding carboxylic acids is 1. The molecular weight excluding hydrogens is 212 g/mol. The molecule has 2 nitrogen and oxygen atoms in total. The zero-order valence-electron chi connectivity index (χ0n) is 11.4. The first kappa shape index (κ1) is 16.0. The first-order valence-corrected chi connectivity index (χ1v) is 6.64. The van der Waals surface area contributed by atoms with Crippen LogP contribution in [0.15, 0.2) is 24.3 Å². The third-order valence-corrected chi connectivity index (χ3v) is 2.27. The molecule has 2 heteroatoms. The van der Waals surface area contributed by atoms with Crippen molar-refractivity contribution in [2.75, 3.05) is 6.61 Å². The number of ether oxygens (including phenoxy) is 1. The SMILES string of the molecule is CCCCCC=CC=CCOC(=O)CC(C)C. The van der Waals surface area contributed by atoms with E-state index in [0.717, 1.165) is 6.42 Å². The third-order valence-electron chi connectivity index (χ3n) is 2.27.